The van der Waals surface area contributed by atoms with Crippen molar-refractivity contribution in [3.8, 4) is 0 Å². The fourth-order valence-corrected chi connectivity index (χ4v) is 4.55. The minimum absolute atomic E-state index is 0.0458. The molecule has 0 saturated carbocycles. The lowest BCUT2D eigenvalue weighted by molar-refractivity contribution is -0.137. The number of likely N-dealkylation sites (tertiary alicyclic amines) is 1. The summed E-state index contributed by atoms with van der Waals surface area (Å²) in [5, 5.41) is 0. The van der Waals surface area contributed by atoms with Crippen molar-refractivity contribution in [3.05, 3.63) is 78.4 Å². The van der Waals surface area contributed by atoms with Crippen LogP contribution in [0.15, 0.2) is 72.1 Å². The van der Waals surface area contributed by atoms with E-state index in [2.05, 4.69) is 11.3 Å². The van der Waals surface area contributed by atoms with E-state index in [9.17, 15) is 26.4 Å². The van der Waals surface area contributed by atoms with E-state index in [4.69, 9.17) is 4.74 Å². The number of alkyl halides is 3. The van der Waals surface area contributed by atoms with Gasteiger partial charge in [0.05, 0.1) is 29.2 Å². The first-order valence-electron chi connectivity index (χ1n) is 9.36. The number of hydrogen-bond acceptors (Lipinski definition) is 4. The van der Waals surface area contributed by atoms with Crippen LogP contribution in [0.2, 0.25) is 0 Å². The first-order valence-corrected chi connectivity index (χ1v) is 10.8. The highest BCUT2D eigenvalue weighted by atomic mass is 32.2. The molecular weight excluding hydrogens is 433 g/mol. The Hall–Kier alpha value is -2.69. The maximum absolute atomic E-state index is 12.9. The molecule has 2 aromatic rings. The molecule has 0 radical (unpaired) electrons. The number of rotatable bonds is 7. The van der Waals surface area contributed by atoms with Crippen molar-refractivity contribution in [3.63, 3.8) is 0 Å². The average Bonchev–Trinajstić information content (AvgIpc) is 3.14. The Morgan fingerprint density at radius 3 is 2.52 bits per heavy atom. The number of nitrogens with zero attached hydrogens (tertiary/aromatic N) is 1. The molecule has 6 nitrogen and oxygen atoms in total. The van der Waals surface area contributed by atoms with Gasteiger partial charge in [-0.25, -0.2) is 13.1 Å². The molecule has 1 aliphatic rings. The third-order valence-electron chi connectivity index (χ3n) is 4.83. The number of nitrogens with one attached hydrogen (secondary N) is 1. The van der Waals surface area contributed by atoms with Crippen LogP contribution < -0.4 is 4.72 Å². The average molecular weight is 454 g/mol. The van der Waals surface area contributed by atoms with Crippen molar-refractivity contribution in [1.82, 2.24) is 9.62 Å². The summed E-state index contributed by atoms with van der Waals surface area (Å²) in [6.45, 7) is 3.38. The van der Waals surface area contributed by atoms with Gasteiger partial charge in [0.15, 0.2) is 0 Å². The molecule has 0 aromatic heterocycles. The molecular formula is C21H21F3N2O4S. The van der Waals surface area contributed by atoms with Gasteiger partial charge in [0.25, 0.3) is 0 Å². The molecule has 10 heteroatoms. The van der Waals surface area contributed by atoms with Gasteiger partial charge in [-0.2, -0.15) is 13.2 Å². The first-order chi connectivity index (χ1) is 14.6. The topological polar surface area (TPSA) is 75.7 Å². The zero-order valence-corrected chi connectivity index (χ0v) is 17.2. The summed E-state index contributed by atoms with van der Waals surface area (Å²) in [4.78, 5) is 13.5. The van der Waals surface area contributed by atoms with Crippen LogP contribution in [0.1, 0.15) is 11.1 Å². The normalized spacial score (nSPS) is 19.4. The maximum Gasteiger partial charge on any atom is 0.416 e. The third kappa shape index (κ3) is 5.72. The van der Waals surface area contributed by atoms with Gasteiger partial charge < -0.3 is 9.64 Å². The van der Waals surface area contributed by atoms with Gasteiger partial charge in [-0.1, -0.05) is 36.9 Å². The largest absolute Gasteiger partial charge is 0.416 e. The highest BCUT2D eigenvalue weighted by Gasteiger charge is 2.38. The van der Waals surface area contributed by atoms with Gasteiger partial charge in [0.1, 0.15) is 0 Å². The fourth-order valence-electron chi connectivity index (χ4n) is 3.27. The Balaban J connectivity index is 1.76. The summed E-state index contributed by atoms with van der Waals surface area (Å²) in [6, 6.07) is 11.6. The van der Waals surface area contributed by atoms with E-state index in [1.165, 1.54) is 29.2 Å². The molecule has 1 amide bonds. The standard InChI is InChI=1S/C21H21F3N2O4S/c1-2-20(27)26-12-18(25-31(28,29)17-9-4-3-5-10-17)19(13-26)30-14-15-7-6-8-16(11-15)21(22,23)24/h2-11,18-19,25H,1,12-14H2/t18-,19-/m1/s1. The van der Waals surface area contributed by atoms with Gasteiger partial charge in [-0.05, 0) is 35.9 Å². The van der Waals surface area contributed by atoms with Crippen LogP contribution in [0, 0.1) is 0 Å². The molecule has 31 heavy (non-hydrogen) atoms. The second-order valence-electron chi connectivity index (χ2n) is 7.04. The van der Waals surface area contributed by atoms with E-state index in [-0.39, 0.29) is 30.2 Å². The first kappa shape index (κ1) is 23.0. The molecule has 1 aliphatic heterocycles. The summed E-state index contributed by atoms with van der Waals surface area (Å²) in [6.07, 6.45) is -4.13. The SMILES string of the molecule is C=CC(=O)N1C[C@@H](NS(=O)(=O)c2ccccc2)[C@H](OCc2cccc(C(F)(F)F)c2)C1. The summed E-state index contributed by atoms with van der Waals surface area (Å²) >= 11 is 0. The van der Waals surface area contributed by atoms with Gasteiger partial charge in [0.2, 0.25) is 15.9 Å². The van der Waals surface area contributed by atoms with Crippen LogP contribution >= 0.6 is 0 Å². The number of ether oxygens (including phenoxy) is 1. The lowest BCUT2D eigenvalue weighted by atomic mass is 10.1. The van der Waals surface area contributed by atoms with Crippen molar-refractivity contribution in [2.45, 2.75) is 29.8 Å². The Kier molecular flexibility index (Phi) is 6.83. The van der Waals surface area contributed by atoms with E-state index in [1.54, 1.807) is 18.2 Å². The minimum atomic E-state index is -4.48. The van der Waals surface area contributed by atoms with E-state index >= 15 is 0 Å². The Labute approximate surface area is 178 Å². The fraction of sp³-hybridized carbons (Fsp3) is 0.286. The molecule has 1 N–H and O–H groups in total. The molecule has 3 rings (SSSR count). The molecule has 166 valence electrons. The highest BCUT2D eigenvalue weighted by molar-refractivity contribution is 7.89. The number of benzene rings is 2. The number of halogens is 3. The molecule has 1 fully saturated rings. The molecule has 1 heterocycles. The molecule has 2 atom stereocenters. The van der Waals surface area contributed by atoms with Crippen LogP contribution in [0.25, 0.3) is 0 Å². The van der Waals surface area contributed by atoms with E-state index < -0.39 is 39.8 Å². The molecule has 2 aromatic carbocycles. The van der Waals surface area contributed by atoms with Crippen LogP contribution in [-0.4, -0.2) is 44.5 Å². The van der Waals surface area contributed by atoms with Gasteiger partial charge in [0, 0.05) is 13.1 Å². The molecule has 1 saturated heterocycles. The van der Waals surface area contributed by atoms with Crippen molar-refractivity contribution < 1.29 is 31.1 Å². The minimum Gasteiger partial charge on any atom is -0.370 e. The van der Waals surface area contributed by atoms with Gasteiger partial charge in [-0.15, -0.1) is 0 Å². The lowest BCUT2D eigenvalue weighted by Crippen LogP contribution is -2.43. The Morgan fingerprint density at radius 1 is 1.16 bits per heavy atom. The molecule has 0 bridgehead atoms. The van der Waals surface area contributed by atoms with Gasteiger partial charge >= 0.3 is 6.18 Å². The zero-order chi connectivity index (χ0) is 22.6. The Morgan fingerprint density at radius 2 is 1.87 bits per heavy atom. The summed E-state index contributed by atoms with van der Waals surface area (Å²) in [5.41, 5.74) is -0.516. The molecule has 0 spiro atoms. The number of hydrogen-bond donors (Lipinski definition) is 1. The number of carbonyl (C=O) groups excluding carboxylic acids is 1. The van der Waals surface area contributed by atoms with Crippen LogP contribution in [0.4, 0.5) is 13.2 Å². The second-order valence-corrected chi connectivity index (χ2v) is 8.75. The lowest BCUT2D eigenvalue weighted by Gasteiger charge is -2.20. The third-order valence-corrected chi connectivity index (χ3v) is 6.34. The van der Waals surface area contributed by atoms with Crippen molar-refractivity contribution in [2.24, 2.45) is 0 Å². The van der Waals surface area contributed by atoms with Crippen molar-refractivity contribution in [2.75, 3.05) is 13.1 Å². The molecule has 0 unspecified atom stereocenters. The van der Waals surface area contributed by atoms with Crippen LogP contribution in [-0.2, 0) is 32.3 Å². The molecule has 0 aliphatic carbocycles. The van der Waals surface area contributed by atoms with Gasteiger partial charge in [-0.3, -0.25) is 4.79 Å². The summed E-state index contributed by atoms with van der Waals surface area (Å²) < 4.78 is 72.5. The predicted octanol–water partition coefficient (Wildman–Crippen LogP) is 2.97. The van der Waals surface area contributed by atoms with E-state index in [0.717, 1.165) is 18.2 Å². The zero-order valence-electron chi connectivity index (χ0n) is 16.4. The Bertz CT molecular complexity index is 1040. The number of sulfonamides is 1. The summed E-state index contributed by atoms with van der Waals surface area (Å²) in [7, 11) is -3.88. The predicted molar refractivity (Wildman–Crippen MR) is 107 cm³/mol. The second kappa shape index (κ2) is 9.21. The van der Waals surface area contributed by atoms with Crippen LogP contribution in [0.3, 0.4) is 0 Å². The van der Waals surface area contributed by atoms with E-state index in [0.29, 0.717) is 0 Å². The number of carbonyl (C=O) groups is 1. The highest BCUT2D eigenvalue weighted by Crippen LogP contribution is 2.30. The van der Waals surface area contributed by atoms with E-state index in [1.807, 2.05) is 0 Å². The monoisotopic (exact) mass is 454 g/mol. The van der Waals surface area contributed by atoms with Crippen molar-refractivity contribution in [1.29, 1.82) is 0 Å². The summed E-state index contributed by atoms with van der Waals surface area (Å²) in [5.74, 6) is -0.394. The quantitative estimate of drug-likeness (QED) is 0.653. The van der Waals surface area contributed by atoms with Crippen LogP contribution in [0.5, 0.6) is 0 Å². The smallest absolute Gasteiger partial charge is 0.370 e. The number of amides is 1. The maximum atomic E-state index is 12.9. The van der Waals surface area contributed by atoms with Crippen molar-refractivity contribution >= 4 is 15.9 Å².